The molecule has 0 bridgehead atoms. The summed E-state index contributed by atoms with van der Waals surface area (Å²) >= 11 is 0. The summed E-state index contributed by atoms with van der Waals surface area (Å²) in [5, 5.41) is 3.70. The lowest BCUT2D eigenvalue weighted by molar-refractivity contribution is -0.0158. The molecular formula is C27H30F4N8O2. The Morgan fingerprint density at radius 2 is 1.71 bits per heavy atom. The molecule has 1 amide bonds. The van der Waals surface area contributed by atoms with Crippen molar-refractivity contribution in [1.82, 2.24) is 25.0 Å². The Balaban J connectivity index is 1.10. The molecule has 1 saturated carbocycles. The lowest BCUT2D eigenvalue weighted by atomic mass is 9.94. The van der Waals surface area contributed by atoms with Gasteiger partial charge in [-0.1, -0.05) is 0 Å². The van der Waals surface area contributed by atoms with Crippen molar-refractivity contribution in [1.29, 1.82) is 0 Å². The van der Waals surface area contributed by atoms with Gasteiger partial charge >= 0.3 is 5.92 Å². The molecule has 1 aromatic carbocycles. The minimum atomic E-state index is -3.21. The molecule has 6 rings (SSSR count). The Morgan fingerprint density at radius 3 is 2.34 bits per heavy atom. The average molecular weight is 575 g/mol. The highest BCUT2D eigenvalue weighted by molar-refractivity contribution is 5.94. The van der Waals surface area contributed by atoms with Crippen LogP contribution in [-0.2, 0) is 5.92 Å². The number of nitrogens with zero attached hydrogens (tertiary/aromatic N) is 7. The second-order valence-electron chi connectivity index (χ2n) is 11.1. The van der Waals surface area contributed by atoms with Crippen LogP contribution >= 0.6 is 0 Å². The minimum Gasteiger partial charge on any atom is -0.339 e. The number of hydrogen-bond acceptors (Lipinski definition) is 9. The lowest BCUT2D eigenvalue weighted by Gasteiger charge is -2.38. The molecule has 14 heteroatoms. The third-order valence-electron chi connectivity index (χ3n) is 8.00. The molecule has 41 heavy (non-hydrogen) atoms. The number of hydrogen-bond donors (Lipinski definition) is 1. The van der Waals surface area contributed by atoms with Crippen molar-refractivity contribution in [3.8, 4) is 0 Å². The first-order valence-electron chi connectivity index (χ1n) is 13.7. The number of anilines is 2. The Kier molecular flexibility index (Phi) is 7.04. The predicted molar refractivity (Wildman–Crippen MR) is 140 cm³/mol. The van der Waals surface area contributed by atoms with E-state index in [0.717, 1.165) is 25.0 Å². The summed E-state index contributed by atoms with van der Waals surface area (Å²) in [7, 11) is 0. The molecule has 2 atom stereocenters. The number of piperidine rings is 1. The van der Waals surface area contributed by atoms with Crippen LogP contribution in [-0.4, -0.2) is 75.2 Å². The molecule has 3 aliphatic rings. The summed E-state index contributed by atoms with van der Waals surface area (Å²) < 4.78 is 59.8. The molecule has 10 nitrogen and oxygen atoms in total. The second-order valence-corrected chi connectivity index (χ2v) is 11.1. The van der Waals surface area contributed by atoms with Crippen LogP contribution in [0.3, 0.4) is 0 Å². The zero-order chi connectivity index (χ0) is 28.9. The monoisotopic (exact) mass is 574 g/mol. The Hall–Kier alpha value is -3.81. The molecule has 0 radical (unpaired) electrons. The molecule has 2 N–H and O–H groups in total. The van der Waals surface area contributed by atoms with Gasteiger partial charge in [0.1, 0.15) is 11.6 Å². The second kappa shape index (κ2) is 10.5. The maximum absolute atomic E-state index is 14.4. The van der Waals surface area contributed by atoms with Crippen molar-refractivity contribution in [3.63, 3.8) is 0 Å². The SMILES string of the molecule is CC(F)(F)c1nc(N2CCC(N(C(=O)c3cnc(N4CC(N)C(c5cc(F)ccc5F)C4)nc3)C3CC3)CC2)no1. The fourth-order valence-electron chi connectivity index (χ4n) is 5.71. The van der Waals surface area contributed by atoms with Crippen molar-refractivity contribution < 1.29 is 26.9 Å². The van der Waals surface area contributed by atoms with Gasteiger partial charge in [-0.3, -0.25) is 4.79 Å². The third-order valence-corrected chi connectivity index (χ3v) is 8.00. The lowest BCUT2D eigenvalue weighted by Crippen LogP contribution is -2.48. The minimum absolute atomic E-state index is 0.0385. The molecule has 2 aliphatic heterocycles. The van der Waals surface area contributed by atoms with E-state index in [4.69, 9.17) is 10.3 Å². The number of carbonyl (C=O) groups is 1. The molecule has 3 aromatic rings. The topological polar surface area (TPSA) is 118 Å². The molecule has 3 fully saturated rings. The van der Waals surface area contributed by atoms with Gasteiger partial charge in [-0.25, -0.2) is 18.7 Å². The zero-order valence-electron chi connectivity index (χ0n) is 22.4. The van der Waals surface area contributed by atoms with Gasteiger partial charge < -0.3 is 25.0 Å². The number of alkyl halides is 2. The van der Waals surface area contributed by atoms with E-state index < -0.39 is 35.4 Å². The van der Waals surface area contributed by atoms with Gasteiger partial charge in [-0.05, 0) is 54.6 Å². The van der Waals surface area contributed by atoms with Crippen LogP contribution in [0.25, 0.3) is 0 Å². The predicted octanol–water partition coefficient (Wildman–Crippen LogP) is 3.45. The third kappa shape index (κ3) is 5.56. The van der Waals surface area contributed by atoms with Gasteiger partial charge in [0.05, 0.1) is 5.56 Å². The van der Waals surface area contributed by atoms with Crippen LogP contribution in [0, 0.1) is 11.6 Å². The summed E-state index contributed by atoms with van der Waals surface area (Å²) in [6, 6.07) is 3.00. The van der Waals surface area contributed by atoms with E-state index in [2.05, 4.69) is 20.1 Å². The van der Waals surface area contributed by atoms with Crippen molar-refractivity contribution >= 4 is 17.8 Å². The summed E-state index contributed by atoms with van der Waals surface area (Å²) in [6.45, 7) is 2.37. The smallest absolute Gasteiger partial charge is 0.322 e. The average Bonchev–Trinajstić information content (AvgIpc) is 3.49. The van der Waals surface area contributed by atoms with Gasteiger partial charge in [0.25, 0.3) is 17.7 Å². The van der Waals surface area contributed by atoms with Gasteiger partial charge in [0.2, 0.25) is 5.95 Å². The fraction of sp³-hybridized carbons (Fsp3) is 0.519. The normalized spacial score (nSPS) is 21.9. The number of carbonyl (C=O) groups excluding carboxylic acids is 1. The Morgan fingerprint density at radius 1 is 1.02 bits per heavy atom. The highest BCUT2D eigenvalue weighted by Crippen LogP contribution is 2.35. The Bertz CT molecular complexity index is 1400. The zero-order valence-corrected chi connectivity index (χ0v) is 22.4. The quantitative estimate of drug-likeness (QED) is 0.424. The first kappa shape index (κ1) is 27.4. The number of amides is 1. The maximum Gasteiger partial charge on any atom is 0.322 e. The fourth-order valence-corrected chi connectivity index (χ4v) is 5.71. The van der Waals surface area contributed by atoms with Gasteiger partial charge in [0.15, 0.2) is 0 Å². The number of nitrogens with two attached hydrogens (primary N) is 1. The Labute approximate surface area is 233 Å². The van der Waals surface area contributed by atoms with E-state index in [0.29, 0.717) is 57.5 Å². The molecular weight excluding hydrogens is 544 g/mol. The van der Waals surface area contributed by atoms with Crippen LogP contribution in [0.2, 0.25) is 0 Å². The first-order chi connectivity index (χ1) is 19.6. The van der Waals surface area contributed by atoms with E-state index in [1.165, 1.54) is 18.5 Å². The number of aromatic nitrogens is 4. The van der Waals surface area contributed by atoms with Crippen molar-refractivity contribution in [2.75, 3.05) is 36.0 Å². The van der Waals surface area contributed by atoms with E-state index in [1.54, 1.807) is 9.80 Å². The molecule has 1 aliphatic carbocycles. The summed E-state index contributed by atoms with van der Waals surface area (Å²) in [6.07, 6.45) is 6.04. The van der Waals surface area contributed by atoms with Crippen molar-refractivity contribution in [2.24, 2.45) is 5.73 Å². The van der Waals surface area contributed by atoms with Gasteiger partial charge in [0, 0.05) is 69.5 Å². The molecule has 4 heterocycles. The largest absolute Gasteiger partial charge is 0.339 e. The van der Waals surface area contributed by atoms with Gasteiger partial charge in [-0.15, -0.1) is 0 Å². The van der Waals surface area contributed by atoms with E-state index in [-0.39, 0.29) is 29.5 Å². The van der Waals surface area contributed by atoms with Crippen molar-refractivity contribution in [2.45, 2.75) is 62.6 Å². The molecule has 0 spiro atoms. The van der Waals surface area contributed by atoms with Crippen LogP contribution in [0.15, 0.2) is 35.1 Å². The highest BCUT2D eigenvalue weighted by Gasteiger charge is 2.41. The van der Waals surface area contributed by atoms with Crippen molar-refractivity contribution in [3.05, 3.63) is 59.2 Å². The maximum atomic E-state index is 14.4. The standard InChI is InChI=1S/C27H30F4N8O2/c1-27(30,31)24-35-26(36-41-24)37-8-6-18(7-9-37)39(17-3-4-17)23(40)15-11-33-25(34-12-15)38-13-20(22(32)14-38)19-10-16(28)2-5-21(19)29/h2,5,10-12,17-18,20,22H,3-4,6-9,13-14,32H2,1H3. The summed E-state index contributed by atoms with van der Waals surface area (Å²) in [5.74, 6) is -5.07. The number of halogens is 4. The molecule has 2 unspecified atom stereocenters. The summed E-state index contributed by atoms with van der Waals surface area (Å²) in [4.78, 5) is 31.7. The van der Waals surface area contributed by atoms with Crippen LogP contribution in [0.4, 0.5) is 29.5 Å². The molecule has 218 valence electrons. The summed E-state index contributed by atoms with van der Waals surface area (Å²) in [5.41, 5.74) is 6.85. The van der Waals surface area contributed by atoms with Gasteiger partial charge in [-0.2, -0.15) is 13.8 Å². The van der Waals surface area contributed by atoms with Crippen LogP contribution < -0.4 is 15.5 Å². The number of benzene rings is 1. The van der Waals surface area contributed by atoms with Crippen LogP contribution in [0.5, 0.6) is 0 Å². The van der Waals surface area contributed by atoms with E-state index in [1.807, 2.05) is 4.90 Å². The first-order valence-corrected chi connectivity index (χ1v) is 13.7. The van der Waals surface area contributed by atoms with E-state index in [9.17, 15) is 22.4 Å². The molecule has 2 saturated heterocycles. The highest BCUT2D eigenvalue weighted by atomic mass is 19.3. The van der Waals surface area contributed by atoms with E-state index >= 15 is 0 Å². The number of rotatable bonds is 7. The molecule has 2 aromatic heterocycles. The van der Waals surface area contributed by atoms with Crippen LogP contribution in [0.1, 0.15) is 60.3 Å².